The molecule has 0 bridgehead atoms. The topological polar surface area (TPSA) is 69.1 Å². The highest BCUT2D eigenvalue weighted by Crippen LogP contribution is 2.03. The molecule has 14 heavy (non-hydrogen) atoms. The van der Waals surface area contributed by atoms with E-state index in [0.29, 0.717) is 13.0 Å². The molecule has 5 nitrogen and oxygen atoms in total. The van der Waals surface area contributed by atoms with E-state index in [1.807, 2.05) is 12.1 Å². The van der Waals surface area contributed by atoms with E-state index in [2.05, 4.69) is 22.2 Å². The summed E-state index contributed by atoms with van der Waals surface area (Å²) in [5.41, 5.74) is 7.29. The molecule has 2 N–H and O–H groups in total. The number of nitrogens with two attached hydrogens (primary N) is 1. The molecule has 0 spiro atoms. The van der Waals surface area contributed by atoms with Gasteiger partial charge in [-0.2, -0.15) is 9.61 Å². The summed E-state index contributed by atoms with van der Waals surface area (Å²) in [5.74, 6) is 0.831. The SMILES string of the molecule is CCc1ccc2nnc(CCN)n2n1. The van der Waals surface area contributed by atoms with E-state index in [0.717, 1.165) is 23.6 Å². The van der Waals surface area contributed by atoms with Gasteiger partial charge in [-0.1, -0.05) is 6.92 Å². The largest absolute Gasteiger partial charge is 0.330 e. The van der Waals surface area contributed by atoms with Crippen LogP contribution in [-0.2, 0) is 12.8 Å². The van der Waals surface area contributed by atoms with Gasteiger partial charge in [0.15, 0.2) is 11.5 Å². The van der Waals surface area contributed by atoms with Gasteiger partial charge in [-0.25, -0.2) is 0 Å². The minimum Gasteiger partial charge on any atom is -0.330 e. The maximum Gasteiger partial charge on any atom is 0.177 e. The molecule has 0 aliphatic heterocycles. The minimum atomic E-state index is 0.568. The number of rotatable bonds is 3. The molecule has 0 unspecified atom stereocenters. The zero-order chi connectivity index (χ0) is 9.97. The van der Waals surface area contributed by atoms with Crippen LogP contribution in [0.5, 0.6) is 0 Å². The lowest BCUT2D eigenvalue weighted by atomic mass is 10.3. The minimum absolute atomic E-state index is 0.568. The van der Waals surface area contributed by atoms with E-state index in [1.165, 1.54) is 0 Å². The molecule has 0 aromatic carbocycles. The summed E-state index contributed by atoms with van der Waals surface area (Å²) >= 11 is 0. The number of hydrogen-bond acceptors (Lipinski definition) is 4. The van der Waals surface area contributed by atoms with E-state index < -0.39 is 0 Å². The van der Waals surface area contributed by atoms with Crippen LogP contribution in [0.15, 0.2) is 12.1 Å². The zero-order valence-electron chi connectivity index (χ0n) is 8.14. The first-order valence-corrected chi connectivity index (χ1v) is 4.75. The van der Waals surface area contributed by atoms with Crippen molar-refractivity contribution < 1.29 is 0 Å². The van der Waals surface area contributed by atoms with Crippen molar-refractivity contribution in [3.05, 3.63) is 23.7 Å². The fourth-order valence-corrected chi connectivity index (χ4v) is 1.34. The van der Waals surface area contributed by atoms with E-state index in [4.69, 9.17) is 5.73 Å². The smallest absolute Gasteiger partial charge is 0.177 e. The van der Waals surface area contributed by atoms with Gasteiger partial charge < -0.3 is 5.73 Å². The van der Waals surface area contributed by atoms with Crippen LogP contribution in [0.2, 0.25) is 0 Å². The Bertz CT molecular complexity index is 434. The van der Waals surface area contributed by atoms with Crippen LogP contribution >= 0.6 is 0 Å². The van der Waals surface area contributed by atoms with Gasteiger partial charge >= 0.3 is 0 Å². The molecule has 0 atom stereocenters. The van der Waals surface area contributed by atoms with Crippen LogP contribution in [0.3, 0.4) is 0 Å². The number of aryl methyl sites for hydroxylation is 1. The van der Waals surface area contributed by atoms with Crippen LogP contribution in [0.4, 0.5) is 0 Å². The van der Waals surface area contributed by atoms with Gasteiger partial charge in [-0.15, -0.1) is 10.2 Å². The van der Waals surface area contributed by atoms with Crippen LogP contribution in [0.1, 0.15) is 18.4 Å². The molecule has 0 saturated heterocycles. The monoisotopic (exact) mass is 191 g/mol. The van der Waals surface area contributed by atoms with Gasteiger partial charge in [0.1, 0.15) is 0 Å². The maximum absolute atomic E-state index is 5.47. The van der Waals surface area contributed by atoms with Gasteiger partial charge in [0.25, 0.3) is 0 Å². The summed E-state index contributed by atoms with van der Waals surface area (Å²) in [7, 11) is 0. The number of nitrogens with zero attached hydrogens (tertiary/aromatic N) is 4. The predicted octanol–water partition coefficient (Wildman–Crippen LogP) is 0.188. The molecule has 2 rings (SSSR count). The highest BCUT2D eigenvalue weighted by atomic mass is 15.4. The fourth-order valence-electron chi connectivity index (χ4n) is 1.34. The van der Waals surface area contributed by atoms with E-state index in [-0.39, 0.29) is 0 Å². The second kappa shape index (κ2) is 3.71. The molecule has 5 heteroatoms. The summed E-state index contributed by atoms with van der Waals surface area (Å²) in [6, 6.07) is 3.90. The Balaban J connectivity index is 2.52. The lowest BCUT2D eigenvalue weighted by Gasteiger charge is -1.98. The summed E-state index contributed by atoms with van der Waals surface area (Å²) in [4.78, 5) is 0. The van der Waals surface area contributed by atoms with Crippen molar-refractivity contribution in [3.63, 3.8) is 0 Å². The molecular formula is C9H13N5. The third-order valence-corrected chi connectivity index (χ3v) is 2.11. The Morgan fingerprint density at radius 3 is 2.93 bits per heavy atom. The summed E-state index contributed by atoms with van der Waals surface area (Å²) in [6.07, 6.45) is 1.62. The van der Waals surface area contributed by atoms with Crippen LogP contribution in [0.25, 0.3) is 5.65 Å². The summed E-state index contributed by atoms with van der Waals surface area (Å²) in [5, 5.41) is 12.4. The van der Waals surface area contributed by atoms with E-state index >= 15 is 0 Å². The fraction of sp³-hybridized carbons (Fsp3) is 0.444. The third-order valence-electron chi connectivity index (χ3n) is 2.11. The van der Waals surface area contributed by atoms with Gasteiger partial charge in [-0.3, -0.25) is 0 Å². The molecule has 2 heterocycles. The molecule has 0 aliphatic carbocycles. The highest BCUT2D eigenvalue weighted by Gasteiger charge is 2.05. The lowest BCUT2D eigenvalue weighted by Crippen LogP contribution is -2.08. The molecular weight excluding hydrogens is 178 g/mol. The highest BCUT2D eigenvalue weighted by molar-refractivity contribution is 5.36. The normalized spacial score (nSPS) is 11.0. The third kappa shape index (κ3) is 1.46. The van der Waals surface area contributed by atoms with Crippen molar-refractivity contribution in [2.24, 2.45) is 5.73 Å². The first-order chi connectivity index (χ1) is 6.85. The number of aromatic nitrogens is 4. The second-order valence-corrected chi connectivity index (χ2v) is 3.10. The molecule has 0 saturated carbocycles. The van der Waals surface area contributed by atoms with Crippen molar-refractivity contribution in [3.8, 4) is 0 Å². The first-order valence-electron chi connectivity index (χ1n) is 4.75. The molecule has 0 fully saturated rings. The molecule has 0 amide bonds. The molecule has 0 radical (unpaired) electrons. The van der Waals surface area contributed by atoms with E-state index in [1.54, 1.807) is 4.52 Å². The van der Waals surface area contributed by atoms with Gasteiger partial charge in [0, 0.05) is 6.42 Å². The van der Waals surface area contributed by atoms with Gasteiger partial charge in [0.2, 0.25) is 0 Å². The maximum atomic E-state index is 5.47. The molecule has 2 aromatic heterocycles. The quantitative estimate of drug-likeness (QED) is 0.751. The van der Waals surface area contributed by atoms with Crippen LogP contribution in [0, 0.1) is 0 Å². The summed E-state index contributed by atoms with van der Waals surface area (Å²) in [6.45, 7) is 2.64. The first kappa shape index (κ1) is 9.08. The van der Waals surface area contributed by atoms with E-state index in [9.17, 15) is 0 Å². The number of fused-ring (bicyclic) bond motifs is 1. The van der Waals surface area contributed by atoms with Crippen LogP contribution < -0.4 is 5.73 Å². The Kier molecular flexibility index (Phi) is 2.41. The average Bonchev–Trinajstić information content (AvgIpc) is 2.61. The molecule has 74 valence electrons. The molecule has 0 aliphatic rings. The Morgan fingerprint density at radius 1 is 1.36 bits per heavy atom. The van der Waals surface area contributed by atoms with Crippen molar-refractivity contribution >= 4 is 5.65 Å². The van der Waals surface area contributed by atoms with Crippen molar-refractivity contribution in [1.82, 2.24) is 19.8 Å². The Labute approximate surface area is 81.9 Å². The van der Waals surface area contributed by atoms with Gasteiger partial charge in [-0.05, 0) is 25.1 Å². The van der Waals surface area contributed by atoms with Crippen molar-refractivity contribution in [1.29, 1.82) is 0 Å². The van der Waals surface area contributed by atoms with Crippen molar-refractivity contribution in [2.45, 2.75) is 19.8 Å². The number of hydrogen-bond donors (Lipinski definition) is 1. The summed E-state index contributed by atoms with van der Waals surface area (Å²) < 4.78 is 1.77. The van der Waals surface area contributed by atoms with Gasteiger partial charge in [0.05, 0.1) is 5.69 Å². The Morgan fingerprint density at radius 2 is 2.21 bits per heavy atom. The molecule has 2 aromatic rings. The average molecular weight is 191 g/mol. The van der Waals surface area contributed by atoms with Crippen LogP contribution in [-0.4, -0.2) is 26.4 Å². The predicted molar refractivity (Wildman–Crippen MR) is 52.9 cm³/mol. The zero-order valence-corrected chi connectivity index (χ0v) is 8.14. The second-order valence-electron chi connectivity index (χ2n) is 3.10. The van der Waals surface area contributed by atoms with Crippen molar-refractivity contribution in [2.75, 3.05) is 6.54 Å². The lowest BCUT2D eigenvalue weighted by molar-refractivity contribution is 0.768. The Hall–Kier alpha value is -1.49. The standard InChI is InChI=1S/C9H13N5/c1-2-7-3-4-8-11-12-9(5-6-10)14(8)13-7/h3-4H,2,5-6,10H2,1H3.